The lowest BCUT2D eigenvalue weighted by molar-refractivity contribution is 0.708. The van der Waals surface area contributed by atoms with E-state index in [0.29, 0.717) is 0 Å². The lowest BCUT2D eigenvalue weighted by Crippen LogP contribution is -2.12. The van der Waals surface area contributed by atoms with Crippen LogP contribution < -0.4 is 5.32 Å². The van der Waals surface area contributed by atoms with E-state index in [1.807, 2.05) is 0 Å². The molecule has 0 aliphatic rings. The van der Waals surface area contributed by atoms with Crippen LogP contribution in [0.2, 0.25) is 0 Å². The molecule has 88 valence electrons. The molecule has 1 aromatic rings. The van der Waals surface area contributed by atoms with Crippen molar-refractivity contribution in [1.82, 2.24) is 5.32 Å². The van der Waals surface area contributed by atoms with Gasteiger partial charge in [0.05, 0.1) is 0 Å². The predicted molar refractivity (Wildman–Crippen MR) is 71.6 cm³/mol. The quantitative estimate of drug-likeness (QED) is 0.714. The highest BCUT2D eigenvalue weighted by Crippen LogP contribution is 2.08. The second-order valence-corrected chi connectivity index (χ2v) is 4.30. The first-order chi connectivity index (χ1) is 7.74. The summed E-state index contributed by atoms with van der Waals surface area (Å²) in [5.74, 6) is 0. The Balaban J connectivity index is 2.43. The van der Waals surface area contributed by atoms with Gasteiger partial charge in [-0.1, -0.05) is 43.7 Å². The maximum absolute atomic E-state index is 3.43. The van der Waals surface area contributed by atoms with E-state index in [2.05, 4.69) is 56.4 Å². The highest BCUT2D eigenvalue weighted by molar-refractivity contribution is 5.27. The Kier molecular flexibility index (Phi) is 5.69. The van der Waals surface area contributed by atoms with Gasteiger partial charge in [0.1, 0.15) is 0 Å². The molecule has 1 nitrogen and oxygen atoms in total. The average Bonchev–Trinajstić information content (AvgIpc) is 2.28. The predicted octanol–water partition coefficient (Wildman–Crippen LogP) is 3.83. The van der Waals surface area contributed by atoms with E-state index in [-0.39, 0.29) is 0 Å². The molecule has 0 fully saturated rings. The highest BCUT2D eigenvalue weighted by Gasteiger charge is 1.94. The van der Waals surface area contributed by atoms with Gasteiger partial charge in [0.25, 0.3) is 0 Å². The van der Waals surface area contributed by atoms with Crippen molar-refractivity contribution in [2.45, 2.75) is 40.0 Å². The first-order valence-corrected chi connectivity index (χ1v) is 6.19. The van der Waals surface area contributed by atoms with E-state index >= 15 is 0 Å². The van der Waals surface area contributed by atoms with Crippen LogP contribution in [0.25, 0.3) is 0 Å². The molecule has 0 saturated carbocycles. The van der Waals surface area contributed by atoms with E-state index in [1.165, 1.54) is 29.7 Å². The first kappa shape index (κ1) is 12.8. The SMILES string of the molecule is CCCCN/C(C)=C/Cc1ccccc1C. The van der Waals surface area contributed by atoms with Crippen molar-refractivity contribution < 1.29 is 0 Å². The normalized spacial score (nSPS) is 11.6. The molecule has 0 unspecified atom stereocenters. The van der Waals surface area contributed by atoms with Gasteiger partial charge in [0, 0.05) is 12.2 Å². The minimum absolute atomic E-state index is 1.03. The zero-order chi connectivity index (χ0) is 11.8. The summed E-state index contributed by atoms with van der Waals surface area (Å²) >= 11 is 0. The second kappa shape index (κ2) is 7.10. The second-order valence-electron chi connectivity index (χ2n) is 4.30. The molecule has 1 N–H and O–H groups in total. The third kappa shape index (κ3) is 4.52. The molecule has 0 radical (unpaired) electrons. The van der Waals surface area contributed by atoms with Gasteiger partial charge >= 0.3 is 0 Å². The van der Waals surface area contributed by atoms with E-state index < -0.39 is 0 Å². The third-order valence-corrected chi connectivity index (χ3v) is 2.82. The molecule has 0 aliphatic carbocycles. The Hall–Kier alpha value is -1.24. The van der Waals surface area contributed by atoms with E-state index in [1.54, 1.807) is 0 Å². The monoisotopic (exact) mass is 217 g/mol. The number of unbranched alkanes of at least 4 members (excludes halogenated alkanes) is 1. The van der Waals surface area contributed by atoms with Crippen LogP contribution in [0.5, 0.6) is 0 Å². The molecule has 16 heavy (non-hydrogen) atoms. The van der Waals surface area contributed by atoms with E-state index in [0.717, 1.165) is 13.0 Å². The lowest BCUT2D eigenvalue weighted by atomic mass is 10.1. The largest absolute Gasteiger partial charge is 0.389 e. The number of rotatable bonds is 6. The van der Waals surface area contributed by atoms with Crippen LogP contribution in [0.15, 0.2) is 36.0 Å². The number of aryl methyl sites for hydroxylation is 1. The molecule has 1 rings (SSSR count). The van der Waals surface area contributed by atoms with Crippen LogP contribution in [-0.2, 0) is 6.42 Å². The summed E-state index contributed by atoms with van der Waals surface area (Å²) in [7, 11) is 0. The fourth-order valence-electron chi connectivity index (χ4n) is 1.64. The van der Waals surface area contributed by atoms with Gasteiger partial charge in [-0.3, -0.25) is 0 Å². The Labute approximate surface area is 99.6 Å². The van der Waals surface area contributed by atoms with Crippen molar-refractivity contribution in [2.75, 3.05) is 6.54 Å². The van der Waals surface area contributed by atoms with Crippen LogP contribution in [0.4, 0.5) is 0 Å². The maximum Gasteiger partial charge on any atom is 0.0143 e. The van der Waals surface area contributed by atoms with E-state index in [4.69, 9.17) is 0 Å². The molecule has 1 heteroatoms. The molecule has 0 spiro atoms. The highest BCUT2D eigenvalue weighted by atomic mass is 14.9. The number of nitrogens with one attached hydrogen (secondary N) is 1. The maximum atomic E-state index is 3.43. The molecule has 0 amide bonds. The summed E-state index contributed by atoms with van der Waals surface area (Å²) in [6.07, 6.45) is 5.79. The summed E-state index contributed by atoms with van der Waals surface area (Å²) in [4.78, 5) is 0. The zero-order valence-corrected chi connectivity index (χ0v) is 10.7. The van der Waals surface area contributed by atoms with Crippen molar-refractivity contribution in [3.63, 3.8) is 0 Å². The van der Waals surface area contributed by atoms with Gasteiger partial charge < -0.3 is 5.32 Å². The molecule has 0 heterocycles. The number of allylic oxidation sites excluding steroid dienone is 2. The summed E-state index contributed by atoms with van der Waals surface area (Å²) in [5.41, 5.74) is 4.08. The Morgan fingerprint density at radius 3 is 2.75 bits per heavy atom. The molecule has 0 aromatic heterocycles. The van der Waals surface area contributed by atoms with Gasteiger partial charge in [0.2, 0.25) is 0 Å². The number of benzene rings is 1. The summed E-state index contributed by atoms with van der Waals surface area (Å²) in [6.45, 7) is 7.62. The van der Waals surface area contributed by atoms with Gasteiger partial charge in [-0.05, 0) is 37.8 Å². The van der Waals surface area contributed by atoms with Gasteiger partial charge in [-0.25, -0.2) is 0 Å². The van der Waals surface area contributed by atoms with Crippen LogP contribution in [0, 0.1) is 6.92 Å². The van der Waals surface area contributed by atoms with E-state index in [9.17, 15) is 0 Å². The standard InChI is InChI=1S/C15H23N/c1-4-5-12-16-14(3)10-11-15-9-7-6-8-13(15)2/h6-10,16H,4-5,11-12H2,1-3H3/b14-10+. The van der Waals surface area contributed by atoms with Crippen molar-refractivity contribution in [3.05, 3.63) is 47.2 Å². The smallest absolute Gasteiger partial charge is 0.0143 e. The number of hydrogen-bond donors (Lipinski definition) is 1. The molecular weight excluding hydrogens is 194 g/mol. The number of hydrogen-bond acceptors (Lipinski definition) is 1. The van der Waals surface area contributed by atoms with Crippen molar-refractivity contribution in [2.24, 2.45) is 0 Å². The lowest BCUT2D eigenvalue weighted by Gasteiger charge is -2.06. The fraction of sp³-hybridized carbons (Fsp3) is 0.467. The molecular formula is C15H23N. The fourth-order valence-corrected chi connectivity index (χ4v) is 1.64. The van der Waals surface area contributed by atoms with Crippen molar-refractivity contribution >= 4 is 0 Å². The average molecular weight is 217 g/mol. The van der Waals surface area contributed by atoms with Crippen LogP contribution in [0.3, 0.4) is 0 Å². The van der Waals surface area contributed by atoms with Crippen molar-refractivity contribution in [1.29, 1.82) is 0 Å². The van der Waals surface area contributed by atoms with Crippen LogP contribution >= 0.6 is 0 Å². The van der Waals surface area contributed by atoms with Crippen LogP contribution in [0.1, 0.15) is 37.8 Å². The first-order valence-electron chi connectivity index (χ1n) is 6.19. The van der Waals surface area contributed by atoms with Gasteiger partial charge in [-0.15, -0.1) is 0 Å². The summed E-state index contributed by atoms with van der Waals surface area (Å²) < 4.78 is 0. The molecule has 0 saturated heterocycles. The van der Waals surface area contributed by atoms with Crippen LogP contribution in [-0.4, -0.2) is 6.54 Å². The minimum Gasteiger partial charge on any atom is -0.389 e. The molecule has 0 aliphatic heterocycles. The Morgan fingerprint density at radius 2 is 2.06 bits per heavy atom. The minimum atomic E-state index is 1.03. The zero-order valence-electron chi connectivity index (χ0n) is 10.7. The van der Waals surface area contributed by atoms with Gasteiger partial charge in [0.15, 0.2) is 0 Å². The molecule has 0 atom stereocenters. The van der Waals surface area contributed by atoms with Gasteiger partial charge in [-0.2, -0.15) is 0 Å². The topological polar surface area (TPSA) is 12.0 Å². The Bertz CT molecular complexity index is 339. The molecule has 0 bridgehead atoms. The summed E-state index contributed by atoms with van der Waals surface area (Å²) in [5, 5.41) is 3.43. The Morgan fingerprint density at radius 1 is 1.31 bits per heavy atom. The summed E-state index contributed by atoms with van der Waals surface area (Å²) in [6, 6.07) is 8.57. The molecule has 1 aromatic carbocycles. The van der Waals surface area contributed by atoms with Crippen molar-refractivity contribution in [3.8, 4) is 0 Å². The third-order valence-electron chi connectivity index (χ3n) is 2.82.